The van der Waals surface area contributed by atoms with E-state index >= 15 is 0 Å². The van der Waals surface area contributed by atoms with Crippen LogP contribution in [-0.2, 0) is 14.3 Å². The van der Waals surface area contributed by atoms with Gasteiger partial charge in [-0.25, -0.2) is 9.59 Å². The lowest BCUT2D eigenvalue weighted by molar-refractivity contribution is -0.143. The molecule has 2 aromatic heterocycles. The monoisotopic (exact) mass is 652 g/mol. The van der Waals surface area contributed by atoms with Crippen molar-refractivity contribution >= 4 is 18.0 Å². The lowest BCUT2D eigenvalue weighted by atomic mass is 9.60. The zero-order chi connectivity index (χ0) is 32.9. The minimum atomic E-state index is -0.243. The molecular weight excluding hydrogens is 600 g/mol. The second-order valence-electron chi connectivity index (χ2n) is 14.3. The van der Waals surface area contributed by atoms with Crippen LogP contribution in [0.3, 0.4) is 0 Å². The van der Waals surface area contributed by atoms with Gasteiger partial charge in [-0.1, -0.05) is 0 Å². The Morgan fingerprint density at radius 2 is 1.26 bits per heavy atom. The van der Waals surface area contributed by atoms with E-state index in [2.05, 4.69) is 42.2 Å². The van der Waals surface area contributed by atoms with E-state index in [-0.39, 0.29) is 17.6 Å². The van der Waals surface area contributed by atoms with E-state index in [1.807, 2.05) is 36.4 Å². The maximum atomic E-state index is 11.7. The van der Waals surface area contributed by atoms with E-state index in [1.54, 1.807) is 11.8 Å². The number of carbonyl (C=O) groups is 3. The van der Waals surface area contributed by atoms with Gasteiger partial charge in [-0.05, 0) is 77.6 Å². The predicted molar refractivity (Wildman–Crippen MR) is 175 cm³/mol. The van der Waals surface area contributed by atoms with Crippen LogP contribution in [-0.4, -0.2) is 124 Å². The molecule has 13 heteroatoms. The summed E-state index contributed by atoms with van der Waals surface area (Å²) in [6.07, 6.45) is 16.1. The minimum absolute atomic E-state index is 0.137. The van der Waals surface area contributed by atoms with Gasteiger partial charge in [0.25, 0.3) is 0 Å². The summed E-state index contributed by atoms with van der Waals surface area (Å²) in [5, 5.41) is 11.9. The Hall–Kier alpha value is -3.45. The maximum absolute atomic E-state index is 11.7. The van der Waals surface area contributed by atoms with Gasteiger partial charge in [-0.2, -0.15) is 10.2 Å². The number of hydrogen-bond donors (Lipinski definition) is 1. The number of nitrogens with one attached hydrogen (secondary N) is 1. The van der Waals surface area contributed by atoms with Crippen LogP contribution < -0.4 is 5.32 Å². The van der Waals surface area contributed by atoms with Gasteiger partial charge >= 0.3 is 12.2 Å². The molecule has 1 N–H and O–H groups in total. The Morgan fingerprint density at radius 1 is 0.766 bits per heavy atom. The summed E-state index contributed by atoms with van der Waals surface area (Å²) in [4.78, 5) is 39.8. The van der Waals surface area contributed by atoms with Gasteiger partial charge in [0.05, 0.1) is 25.3 Å². The fourth-order valence-electron chi connectivity index (χ4n) is 8.26. The Bertz CT molecular complexity index is 1290. The van der Waals surface area contributed by atoms with Crippen molar-refractivity contribution in [2.24, 2.45) is 10.8 Å². The van der Waals surface area contributed by atoms with Crippen molar-refractivity contribution in [1.29, 1.82) is 0 Å². The number of ketones is 1. The number of piperidine rings is 2. The molecular formula is C34H52N8O5. The lowest BCUT2D eigenvalue weighted by Crippen LogP contribution is -2.68. The average Bonchev–Trinajstić information content (AvgIpc) is 3.74. The number of amides is 2. The van der Waals surface area contributed by atoms with E-state index in [9.17, 15) is 14.4 Å². The topological polar surface area (TPSA) is 127 Å². The van der Waals surface area contributed by atoms with Crippen molar-refractivity contribution < 1.29 is 23.9 Å². The third-order valence-electron chi connectivity index (χ3n) is 10.8. The molecule has 4 saturated heterocycles. The molecule has 13 nitrogen and oxygen atoms in total. The van der Waals surface area contributed by atoms with E-state index in [0.717, 1.165) is 32.2 Å². The summed E-state index contributed by atoms with van der Waals surface area (Å²) < 4.78 is 14.1. The Balaban J connectivity index is 0.000000136. The summed E-state index contributed by atoms with van der Waals surface area (Å²) in [5.74, 6) is 0.323. The summed E-state index contributed by atoms with van der Waals surface area (Å²) in [7, 11) is 0. The van der Waals surface area contributed by atoms with Crippen LogP contribution in [0.5, 0.6) is 0 Å². The molecule has 6 aliphatic rings. The number of nitrogens with zero attached hydrogens (tertiary/aromatic N) is 7. The van der Waals surface area contributed by atoms with Gasteiger partial charge in [-0.3, -0.25) is 14.2 Å². The Morgan fingerprint density at radius 3 is 1.70 bits per heavy atom. The zero-order valence-electron chi connectivity index (χ0n) is 28.1. The molecule has 6 fully saturated rings. The molecule has 2 saturated carbocycles. The summed E-state index contributed by atoms with van der Waals surface area (Å²) >= 11 is 0. The maximum Gasteiger partial charge on any atom is 0.409 e. The van der Waals surface area contributed by atoms with Crippen LogP contribution in [0, 0.1) is 10.8 Å². The smallest absolute Gasteiger partial charge is 0.409 e. The summed E-state index contributed by atoms with van der Waals surface area (Å²) in [6.45, 7) is 12.3. The van der Waals surface area contributed by atoms with E-state index < -0.39 is 0 Å². The number of Topliss-reactive ketones (excluding diaryl/α,β-unsaturated/α-hetero) is 1. The molecule has 4 aliphatic heterocycles. The van der Waals surface area contributed by atoms with Gasteiger partial charge < -0.3 is 29.5 Å². The normalized spacial score (nSPS) is 23.7. The van der Waals surface area contributed by atoms with Gasteiger partial charge in [0.2, 0.25) is 0 Å². The second-order valence-corrected chi connectivity index (χ2v) is 14.3. The first-order valence-corrected chi connectivity index (χ1v) is 17.6. The second kappa shape index (κ2) is 14.8. The van der Waals surface area contributed by atoms with Crippen LogP contribution in [0.15, 0.2) is 36.9 Å². The first-order chi connectivity index (χ1) is 22.8. The Labute approximate surface area is 277 Å². The zero-order valence-corrected chi connectivity index (χ0v) is 28.1. The molecule has 2 spiro atoms. The number of likely N-dealkylation sites (tertiary alicyclic amines) is 3. The molecule has 0 radical (unpaired) electrons. The van der Waals surface area contributed by atoms with Gasteiger partial charge in [0.1, 0.15) is 5.78 Å². The van der Waals surface area contributed by atoms with Gasteiger partial charge in [0, 0.05) is 93.8 Å². The average molecular weight is 653 g/mol. The van der Waals surface area contributed by atoms with Gasteiger partial charge in [-0.15, -0.1) is 0 Å². The molecule has 2 aromatic rings. The number of ether oxygens (including phenoxy) is 2. The third-order valence-corrected chi connectivity index (χ3v) is 10.8. The molecule has 8 rings (SSSR count). The summed E-state index contributed by atoms with van der Waals surface area (Å²) in [5.41, 5.74) is 0.542. The quantitative estimate of drug-likeness (QED) is 0.514. The molecule has 47 heavy (non-hydrogen) atoms. The van der Waals surface area contributed by atoms with Crippen LogP contribution in [0.2, 0.25) is 0 Å². The molecule has 2 amide bonds. The first kappa shape index (κ1) is 33.5. The Kier molecular flexibility index (Phi) is 10.5. The highest BCUT2D eigenvalue weighted by Crippen LogP contribution is 2.51. The molecule has 0 bridgehead atoms. The number of hydrogen-bond acceptors (Lipinski definition) is 9. The van der Waals surface area contributed by atoms with E-state index in [0.29, 0.717) is 62.4 Å². The molecule has 258 valence electrons. The van der Waals surface area contributed by atoms with Gasteiger partial charge in [0.15, 0.2) is 0 Å². The molecule has 0 aromatic carbocycles. The number of rotatable bonds is 5. The molecule has 0 unspecified atom stereocenters. The largest absolute Gasteiger partial charge is 0.450 e. The van der Waals surface area contributed by atoms with Crippen LogP contribution in [0.25, 0.3) is 0 Å². The minimum Gasteiger partial charge on any atom is -0.450 e. The van der Waals surface area contributed by atoms with Crippen molar-refractivity contribution in [3.05, 3.63) is 36.9 Å². The highest BCUT2D eigenvalue weighted by molar-refractivity contribution is 5.87. The third kappa shape index (κ3) is 7.83. The predicted octanol–water partition coefficient (Wildman–Crippen LogP) is 3.76. The highest BCUT2D eigenvalue weighted by atomic mass is 16.6. The summed E-state index contributed by atoms with van der Waals surface area (Å²) in [6, 6.07) is 5.91. The molecule has 2 aliphatic carbocycles. The number of aromatic nitrogens is 4. The van der Waals surface area contributed by atoms with Crippen molar-refractivity contribution in [2.75, 3.05) is 65.6 Å². The lowest BCUT2D eigenvalue weighted by Gasteiger charge is -2.61. The van der Waals surface area contributed by atoms with Crippen molar-refractivity contribution in [2.45, 2.75) is 83.3 Å². The molecule has 0 atom stereocenters. The van der Waals surface area contributed by atoms with Crippen molar-refractivity contribution in [1.82, 2.24) is 39.6 Å². The van der Waals surface area contributed by atoms with E-state index in [4.69, 9.17) is 9.47 Å². The fraction of sp³-hybridized carbons (Fsp3) is 0.735. The fourth-order valence-corrected chi connectivity index (χ4v) is 8.26. The number of carbonyl (C=O) groups excluding carboxylic acids is 3. The van der Waals surface area contributed by atoms with Crippen molar-refractivity contribution in [3.8, 4) is 0 Å². The van der Waals surface area contributed by atoms with Crippen LogP contribution >= 0.6 is 0 Å². The standard InChI is InChI=1S/C17H26N4O2.C9H13NO3.C8H13N3/c1-2-23-16(22)20-12-17(13-20)10-15(11-17)19-8-4-14(5-9-19)21-7-3-6-18-21;1-2-13-8(12)10-5-9(6-10)3-7(11)4-9;1-4-10-11(7-1)8-2-5-9-6-3-8/h3,6-7,14-15H,2,4-5,8-13H2,1H3;2-6H2,1H3;1,4,7-9H,2-3,5-6H2. The van der Waals surface area contributed by atoms with Crippen LogP contribution in [0.4, 0.5) is 9.59 Å². The first-order valence-electron chi connectivity index (χ1n) is 17.6. The molecule has 6 heterocycles. The van der Waals surface area contributed by atoms with Crippen molar-refractivity contribution in [3.63, 3.8) is 0 Å². The van der Waals surface area contributed by atoms with Crippen LogP contribution in [0.1, 0.15) is 77.3 Å². The highest BCUT2D eigenvalue weighted by Gasteiger charge is 2.56. The van der Waals surface area contributed by atoms with E-state index in [1.165, 1.54) is 51.6 Å². The SMILES string of the molecule is CCOC(=O)N1CC2(CC(=O)C2)C1.CCOC(=O)N1CC2(CC(N3CCC(n4cccn4)CC3)C2)C1.c1cnn(C2CCNCC2)c1.